The summed E-state index contributed by atoms with van der Waals surface area (Å²) in [5, 5.41) is 9.19. The number of halogens is 2. The minimum absolute atomic E-state index is 0.396. The van der Waals surface area contributed by atoms with Crippen molar-refractivity contribution in [1.82, 2.24) is 9.78 Å². The second-order valence-electron chi connectivity index (χ2n) is 5.03. The lowest BCUT2D eigenvalue weighted by molar-refractivity contribution is 0.756. The van der Waals surface area contributed by atoms with Gasteiger partial charge in [0.2, 0.25) is 0 Å². The number of hydrogen-bond acceptors (Lipinski definition) is 2. The Hall–Kier alpha value is -1.19. The molecular formula is C14H15Cl2N3. The van der Waals surface area contributed by atoms with E-state index in [4.69, 9.17) is 28.3 Å². The SMILES string of the molecule is CC(C)c1nn(-c2cccc(Cl)c2Cl)c2c1CCN2. The molecule has 3 rings (SSSR count). The smallest absolute Gasteiger partial charge is 0.133 e. The summed E-state index contributed by atoms with van der Waals surface area (Å²) in [4.78, 5) is 0. The van der Waals surface area contributed by atoms with E-state index in [9.17, 15) is 0 Å². The van der Waals surface area contributed by atoms with E-state index in [0.29, 0.717) is 16.0 Å². The summed E-state index contributed by atoms with van der Waals surface area (Å²) >= 11 is 12.4. The first-order chi connectivity index (χ1) is 9.09. The highest BCUT2D eigenvalue weighted by Gasteiger charge is 2.25. The Morgan fingerprint density at radius 1 is 1.32 bits per heavy atom. The molecule has 1 aliphatic heterocycles. The van der Waals surface area contributed by atoms with Gasteiger partial charge in [0, 0.05) is 12.1 Å². The lowest BCUT2D eigenvalue weighted by atomic mass is 10.1. The molecule has 100 valence electrons. The Balaban J connectivity index is 2.21. The van der Waals surface area contributed by atoms with Gasteiger partial charge in [-0.3, -0.25) is 0 Å². The third kappa shape index (κ3) is 2.01. The van der Waals surface area contributed by atoms with Crippen LogP contribution >= 0.6 is 23.2 Å². The summed E-state index contributed by atoms with van der Waals surface area (Å²) < 4.78 is 1.88. The fourth-order valence-electron chi connectivity index (χ4n) is 2.50. The van der Waals surface area contributed by atoms with E-state index in [0.717, 1.165) is 30.2 Å². The van der Waals surface area contributed by atoms with Crippen LogP contribution in [-0.4, -0.2) is 16.3 Å². The summed E-state index contributed by atoms with van der Waals surface area (Å²) in [6.07, 6.45) is 1.01. The van der Waals surface area contributed by atoms with Crippen molar-refractivity contribution in [3.63, 3.8) is 0 Å². The van der Waals surface area contributed by atoms with Gasteiger partial charge >= 0.3 is 0 Å². The van der Waals surface area contributed by atoms with Gasteiger partial charge in [-0.1, -0.05) is 43.1 Å². The summed E-state index contributed by atoms with van der Waals surface area (Å²) in [6, 6.07) is 5.61. The first kappa shape index (κ1) is 12.8. The average molecular weight is 296 g/mol. The van der Waals surface area contributed by atoms with Crippen LogP contribution in [-0.2, 0) is 6.42 Å². The fraction of sp³-hybridized carbons (Fsp3) is 0.357. The molecule has 2 heterocycles. The number of fused-ring (bicyclic) bond motifs is 1. The highest BCUT2D eigenvalue weighted by atomic mass is 35.5. The topological polar surface area (TPSA) is 29.9 Å². The quantitative estimate of drug-likeness (QED) is 0.897. The van der Waals surface area contributed by atoms with E-state index in [1.807, 2.05) is 16.8 Å². The molecule has 1 aromatic heterocycles. The molecule has 3 nitrogen and oxygen atoms in total. The zero-order valence-corrected chi connectivity index (χ0v) is 12.4. The van der Waals surface area contributed by atoms with Crippen LogP contribution in [0, 0.1) is 0 Å². The average Bonchev–Trinajstić information content (AvgIpc) is 2.94. The van der Waals surface area contributed by atoms with Crippen molar-refractivity contribution in [1.29, 1.82) is 0 Å². The monoisotopic (exact) mass is 295 g/mol. The van der Waals surface area contributed by atoms with Gasteiger partial charge in [0.1, 0.15) is 5.82 Å². The van der Waals surface area contributed by atoms with Crippen molar-refractivity contribution < 1.29 is 0 Å². The summed E-state index contributed by atoms with van der Waals surface area (Å²) in [6.45, 7) is 5.26. The highest BCUT2D eigenvalue weighted by molar-refractivity contribution is 6.43. The third-order valence-electron chi connectivity index (χ3n) is 3.39. The van der Waals surface area contributed by atoms with E-state index in [1.54, 1.807) is 6.07 Å². The van der Waals surface area contributed by atoms with Gasteiger partial charge in [-0.05, 0) is 24.5 Å². The molecule has 0 saturated carbocycles. The van der Waals surface area contributed by atoms with Crippen LogP contribution in [0.5, 0.6) is 0 Å². The van der Waals surface area contributed by atoms with E-state index in [-0.39, 0.29) is 0 Å². The molecule has 5 heteroatoms. The predicted molar refractivity (Wildman–Crippen MR) is 79.9 cm³/mol. The van der Waals surface area contributed by atoms with Crippen LogP contribution in [0.3, 0.4) is 0 Å². The van der Waals surface area contributed by atoms with E-state index in [1.165, 1.54) is 5.56 Å². The molecule has 0 unspecified atom stereocenters. The van der Waals surface area contributed by atoms with Crippen LogP contribution in [0.15, 0.2) is 18.2 Å². The van der Waals surface area contributed by atoms with Crippen LogP contribution in [0.1, 0.15) is 31.0 Å². The molecular weight excluding hydrogens is 281 g/mol. The number of rotatable bonds is 2. The number of nitrogens with one attached hydrogen (secondary N) is 1. The van der Waals surface area contributed by atoms with Crippen LogP contribution < -0.4 is 5.32 Å². The molecule has 2 aromatic rings. The van der Waals surface area contributed by atoms with Crippen molar-refractivity contribution in [3.8, 4) is 5.69 Å². The van der Waals surface area contributed by atoms with Gasteiger partial charge in [0.05, 0.1) is 21.4 Å². The summed E-state index contributed by atoms with van der Waals surface area (Å²) in [5.74, 6) is 1.45. The molecule has 0 saturated heterocycles. The summed E-state index contributed by atoms with van der Waals surface area (Å²) in [5.41, 5.74) is 3.26. The van der Waals surface area contributed by atoms with Gasteiger partial charge in [-0.25, -0.2) is 4.68 Å². The van der Waals surface area contributed by atoms with Crippen LogP contribution in [0.25, 0.3) is 5.69 Å². The molecule has 0 amide bonds. The summed E-state index contributed by atoms with van der Waals surface area (Å²) in [7, 11) is 0. The largest absolute Gasteiger partial charge is 0.369 e. The van der Waals surface area contributed by atoms with Crippen molar-refractivity contribution >= 4 is 29.0 Å². The molecule has 0 bridgehead atoms. The molecule has 0 aliphatic carbocycles. The Morgan fingerprint density at radius 2 is 2.11 bits per heavy atom. The minimum atomic E-state index is 0.396. The van der Waals surface area contributed by atoms with Gasteiger partial charge in [0.25, 0.3) is 0 Å². The zero-order chi connectivity index (χ0) is 13.6. The first-order valence-electron chi connectivity index (χ1n) is 6.39. The van der Waals surface area contributed by atoms with Gasteiger partial charge in [0.15, 0.2) is 0 Å². The van der Waals surface area contributed by atoms with E-state index < -0.39 is 0 Å². The highest BCUT2D eigenvalue weighted by Crippen LogP contribution is 2.36. The third-order valence-corrected chi connectivity index (χ3v) is 4.20. The van der Waals surface area contributed by atoms with Gasteiger partial charge in [-0.15, -0.1) is 0 Å². The first-order valence-corrected chi connectivity index (χ1v) is 7.15. The van der Waals surface area contributed by atoms with Crippen LogP contribution in [0.4, 0.5) is 5.82 Å². The standard InChI is InChI=1S/C14H15Cl2N3/c1-8(2)13-9-6-7-17-14(9)19(18-13)11-5-3-4-10(15)12(11)16/h3-5,8,17H,6-7H2,1-2H3. The Bertz CT molecular complexity index is 632. The van der Waals surface area contributed by atoms with Crippen LogP contribution in [0.2, 0.25) is 10.0 Å². The number of aromatic nitrogens is 2. The lowest BCUT2D eigenvalue weighted by Gasteiger charge is -2.09. The number of nitrogens with zero attached hydrogens (tertiary/aromatic N) is 2. The molecule has 0 fully saturated rings. The van der Waals surface area contributed by atoms with Crippen molar-refractivity contribution in [2.24, 2.45) is 0 Å². The lowest BCUT2D eigenvalue weighted by Crippen LogP contribution is -2.06. The fourth-order valence-corrected chi connectivity index (χ4v) is 2.87. The van der Waals surface area contributed by atoms with E-state index >= 15 is 0 Å². The molecule has 0 atom stereocenters. The van der Waals surface area contributed by atoms with Crippen molar-refractivity contribution in [2.45, 2.75) is 26.2 Å². The maximum atomic E-state index is 6.30. The number of hydrogen-bond donors (Lipinski definition) is 1. The Morgan fingerprint density at radius 3 is 2.84 bits per heavy atom. The molecule has 1 N–H and O–H groups in total. The van der Waals surface area contributed by atoms with Gasteiger partial charge in [-0.2, -0.15) is 5.10 Å². The Labute approximate surface area is 122 Å². The molecule has 1 aliphatic rings. The molecule has 0 radical (unpaired) electrons. The van der Waals surface area contributed by atoms with Gasteiger partial charge < -0.3 is 5.32 Å². The maximum absolute atomic E-state index is 6.30. The number of benzene rings is 1. The number of anilines is 1. The van der Waals surface area contributed by atoms with E-state index in [2.05, 4.69) is 19.2 Å². The Kier molecular flexibility index (Phi) is 3.19. The molecule has 0 spiro atoms. The molecule has 19 heavy (non-hydrogen) atoms. The second kappa shape index (κ2) is 4.73. The zero-order valence-electron chi connectivity index (χ0n) is 10.9. The normalized spacial score (nSPS) is 13.7. The van der Waals surface area contributed by atoms with Crippen molar-refractivity contribution in [2.75, 3.05) is 11.9 Å². The van der Waals surface area contributed by atoms with Crippen molar-refractivity contribution in [3.05, 3.63) is 39.5 Å². The minimum Gasteiger partial charge on any atom is -0.369 e. The molecule has 1 aromatic carbocycles. The second-order valence-corrected chi connectivity index (χ2v) is 5.81. The predicted octanol–water partition coefficient (Wildman–Crippen LogP) is 4.27. The maximum Gasteiger partial charge on any atom is 0.133 e.